The van der Waals surface area contributed by atoms with E-state index in [4.69, 9.17) is 32.7 Å². The lowest BCUT2D eigenvalue weighted by molar-refractivity contribution is 0.292. The van der Waals surface area contributed by atoms with E-state index < -0.39 is 5.41 Å². The highest BCUT2D eigenvalue weighted by Gasteiger charge is 2.36. The van der Waals surface area contributed by atoms with Crippen molar-refractivity contribution in [2.75, 3.05) is 34.4 Å². The van der Waals surface area contributed by atoms with Crippen LogP contribution in [0.3, 0.4) is 0 Å². The average molecular weight is 463 g/mol. The summed E-state index contributed by atoms with van der Waals surface area (Å²) in [5.41, 5.74) is 1.46. The predicted octanol–water partition coefficient (Wildman–Crippen LogP) is 6.38. The van der Waals surface area contributed by atoms with E-state index in [-0.39, 0.29) is 5.92 Å². The molecule has 1 atom stereocenters. The van der Waals surface area contributed by atoms with Crippen molar-refractivity contribution in [2.45, 2.75) is 38.5 Å². The van der Waals surface area contributed by atoms with E-state index >= 15 is 0 Å². The smallest absolute Gasteiger partial charge is 0.122 e. The van der Waals surface area contributed by atoms with Gasteiger partial charge in [-0.1, -0.05) is 37.0 Å². The van der Waals surface area contributed by atoms with Crippen LogP contribution in [0.4, 0.5) is 0 Å². The van der Waals surface area contributed by atoms with E-state index in [0.717, 1.165) is 43.5 Å². The molecular weight excluding hydrogens is 431 g/mol. The molecule has 0 amide bonds. The fraction of sp³-hybridized carbons (Fsp3) is 0.480. The number of halogens is 2. The van der Waals surface area contributed by atoms with Gasteiger partial charge in [-0.05, 0) is 80.2 Å². The molecule has 0 aliphatic heterocycles. The molecular formula is C25H32Cl2N2O2. The van der Waals surface area contributed by atoms with Crippen molar-refractivity contribution in [3.05, 3.63) is 57.6 Å². The largest absolute Gasteiger partial charge is 0.497 e. The number of nitrogens with zero attached hydrogens (tertiary/aromatic N) is 2. The highest BCUT2D eigenvalue weighted by molar-refractivity contribution is 6.34. The lowest BCUT2D eigenvalue weighted by atomic mass is 9.69. The Kier molecular flexibility index (Phi) is 9.50. The van der Waals surface area contributed by atoms with Gasteiger partial charge in [0.25, 0.3) is 0 Å². The van der Waals surface area contributed by atoms with E-state index in [9.17, 15) is 5.26 Å². The first kappa shape index (κ1) is 25.3. The molecule has 1 unspecified atom stereocenters. The van der Waals surface area contributed by atoms with Gasteiger partial charge < -0.3 is 14.4 Å². The maximum absolute atomic E-state index is 10.2. The summed E-state index contributed by atoms with van der Waals surface area (Å²) in [5.74, 6) is 1.55. The summed E-state index contributed by atoms with van der Waals surface area (Å²) in [6.07, 6.45) is 2.53. The number of methoxy groups -OCH3 is 2. The maximum atomic E-state index is 10.2. The second kappa shape index (κ2) is 11.6. The van der Waals surface area contributed by atoms with Gasteiger partial charge in [0.15, 0.2) is 0 Å². The van der Waals surface area contributed by atoms with Gasteiger partial charge in [-0.25, -0.2) is 0 Å². The second-order valence-electron chi connectivity index (χ2n) is 8.27. The Bertz CT molecular complexity index is 868. The Balaban J connectivity index is 2.06. The van der Waals surface area contributed by atoms with Crippen LogP contribution in [0.1, 0.15) is 37.8 Å². The first-order valence-corrected chi connectivity index (χ1v) is 11.3. The Hall–Kier alpha value is -1.93. The van der Waals surface area contributed by atoms with Crippen molar-refractivity contribution >= 4 is 23.2 Å². The third-order valence-corrected chi connectivity index (χ3v) is 6.30. The molecule has 6 heteroatoms. The maximum Gasteiger partial charge on any atom is 0.122 e. The van der Waals surface area contributed by atoms with Crippen molar-refractivity contribution in [3.63, 3.8) is 0 Å². The molecule has 2 aromatic carbocycles. The Morgan fingerprint density at radius 3 is 2.03 bits per heavy atom. The number of benzene rings is 2. The molecule has 0 fully saturated rings. The van der Waals surface area contributed by atoms with Gasteiger partial charge in [0, 0.05) is 22.7 Å². The normalized spacial score (nSPS) is 13.2. The first-order valence-electron chi connectivity index (χ1n) is 10.5. The molecule has 0 N–H and O–H groups in total. The van der Waals surface area contributed by atoms with Gasteiger partial charge in [-0.3, -0.25) is 0 Å². The van der Waals surface area contributed by atoms with Crippen LogP contribution in [-0.2, 0) is 11.8 Å². The fourth-order valence-corrected chi connectivity index (χ4v) is 4.47. The Morgan fingerprint density at radius 1 is 0.968 bits per heavy atom. The minimum atomic E-state index is -0.608. The summed E-state index contributed by atoms with van der Waals surface area (Å²) >= 11 is 12.2. The predicted molar refractivity (Wildman–Crippen MR) is 129 cm³/mol. The third kappa shape index (κ3) is 6.77. The van der Waals surface area contributed by atoms with Crippen LogP contribution in [0.25, 0.3) is 0 Å². The van der Waals surface area contributed by atoms with Gasteiger partial charge in [0.1, 0.15) is 11.5 Å². The highest BCUT2D eigenvalue weighted by atomic mass is 35.5. The Morgan fingerprint density at radius 2 is 1.55 bits per heavy atom. The van der Waals surface area contributed by atoms with Crippen molar-refractivity contribution in [1.29, 1.82) is 5.26 Å². The summed E-state index contributed by atoms with van der Waals surface area (Å²) in [6.45, 7) is 5.99. The average Bonchev–Trinajstić information content (AvgIpc) is 2.74. The SMILES string of the molecule is COc1cc(OC)cc(C(C#N)(CCCN(C)CCc2cc(Cl)cc(Cl)c2)C(C)C)c1. The van der Waals surface area contributed by atoms with Crippen molar-refractivity contribution in [3.8, 4) is 17.6 Å². The van der Waals surface area contributed by atoms with Gasteiger partial charge in [0.05, 0.1) is 25.7 Å². The number of hydrogen-bond donors (Lipinski definition) is 0. The van der Waals surface area contributed by atoms with Crippen LogP contribution >= 0.6 is 23.2 Å². The molecule has 4 nitrogen and oxygen atoms in total. The number of nitriles is 1. The summed E-state index contributed by atoms with van der Waals surface area (Å²) in [5, 5.41) is 11.5. The molecule has 0 aliphatic carbocycles. The number of likely N-dealkylation sites (N-methyl/N-ethyl adjacent to an activating group) is 1. The molecule has 168 valence electrons. The van der Waals surface area contributed by atoms with Crippen molar-refractivity contribution < 1.29 is 9.47 Å². The zero-order valence-electron chi connectivity index (χ0n) is 19.0. The van der Waals surface area contributed by atoms with Crippen molar-refractivity contribution in [2.24, 2.45) is 5.92 Å². The zero-order valence-corrected chi connectivity index (χ0v) is 20.6. The molecule has 0 aromatic heterocycles. The monoisotopic (exact) mass is 462 g/mol. The lowest BCUT2D eigenvalue weighted by Gasteiger charge is -2.32. The minimum absolute atomic E-state index is 0.147. The first-order chi connectivity index (χ1) is 14.7. The highest BCUT2D eigenvalue weighted by Crippen LogP contribution is 2.40. The molecule has 2 aromatic rings. The molecule has 0 aliphatic rings. The molecule has 0 radical (unpaired) electrons. The van der Waals surface area contributed by atoms with Crippen LogP contribution in [-0.4, -0.2) is 39.3 Å². The minimum Gasteiger partial charge on any atom is -0.497 e. The summed E-state index contributed by atoms with van der Waals surface area (Å²) in [4.78, 5) is 2.28. The van der Waals surface area contributed by atoms with Crippen LogP contribution in [0, 0.1) is 17.2 Å². The molecule has 0 spiro atoms. The topological polar surface area (TPSA) is 45.5 Å². The van der Waals surface area contributed by atoms with Gasteiger partial charge in [0.2, 0.25) is 0 Å². The van der Waals surface area contributed by atoms with Crippen molar-refractivity contribution in [1.82, 2.24) is 4.90 Å². The fourth-order valence-electron chi connectivity index (χ4n) is 3.90. The molecule has 0 heterocycles. The standard InChI is InChI=1S/C25H32Cl2N2O2/c1-18(2)25(17-28,20-13-23(30-4)16-24(14-20)31-5)8-6-9-29(3)10-7-19-11-21(26)15-22(27)12-19/h11-16,18H,6-10H2,1-5H3. The number of ether oxygens (including phenoxy) is 2. The van der Waals surface area contributed by atoms with E-state index in [2.05, 4.69) is 31.9 Å². The molecule has 0 saturated carbocycles. The van der Waals surface area contributed by atoms with Crippen LogP contribution < -0.4 is 9.47 Å². The number of rotatable bonds is 11. The van der Waals surface area contributed by atoms with Gasteiger partial charge >= 0.3 is 0 Å². The zero-order chi connectivity index (χ0) is 23.0. The summed E-state index contributed by atoms with van der Waals surface area (Å²) in [6, 6.07) is 14.0. The van der Waals surface area contributed by atoms with Crippen LogP contribution in [0.5, 0.6) is 11.5 Å². The second-order valence-corrected chi connectivity index (χ2v) is 9.15. The number of hydrogen-bond acceptors (Lipinski definition) is 4. The Labute approximate surface area is 196 Å². The van der Waals surface area contributed by atoms with Gasteiger partial charge in [-0.15, -0.1) is 0 Å². The van der Waals surface area contributed by atoms with E-state index in [1.165, 1.54) is 0 Å². The van der Waals surface area contributed by atoms with E-state index in [1.54, 1.807) is 20.3 Å². The van der Waals surface area contributed by atoms with E-state index in [1.807, 2.05) is 30.3 Å². The van der Waals surface area contributed by atoms with E-state index in [0.29, 0.717) is 21.5 Å². The third-order valence-electron chi connectivity index (χ3n) is 5.87. The molecule has 0 saturated heterocycles. The quantitative estimate of drug-likeness (QED) is 0.388. The van der Waals surface area contributed by atoms with Crippen LogP contribution in [0.2, 0.25) is 10.0 Å². The molecule has 0 bridgehead atoms. The summed E-state index contributed by atoms with van der Waals surface area (Å²) < 4.78 is 10.9. The van der Waals surface area contributed by atoms with Crippen LogP contribution in [0.15, 0.2) is 36.4 Å². The van der Waals surface area contributed by atoms with Gasteiger partial charge in [-0.2, -0.15) is 5.26 Å². The molecule has 2 rings (SSSR count). The lowest BCUT2D eigenvalue weighted by Crippen LogP contribution is -2.32. The summed E-state index contributed by atoms with van der Waals surface area (Å²) in [7, 11) is 5.36. The molecule has 31 heavy (non-hydrogen) atoms.